The topological polar surface area (TPSA) is 40.5 Å². The minimum absolute atomic E-state index is 0.347. The maximum absolute atomic E-state index is 11.2. The van der Waals surface area contributed by atoms with Crippen molar-refractivity contribution in [3.05, 3.63) is 76.9 Å². The number of carboxylic acid groups (broad SMARTS) is 1. The fourth-order valence-corrected chi connectivity index (χ4v) is 4.03. The first-order chi connectivity index (χ1) is 12.5. The summed E-state index contributed by atoms with van der Waals surface area (Å²) in [5, 5.41) is 9.20. The highest BCUT2D eigenvalue weighted by molar-refractivity contribution is 5.88. The highest BCUT2D eigenvalue weighted by Crippen LogP contribution is 2.41. The Balaban J connectivity index is 1.85. The zero-order valence-electron chi connectivity index (χ0n) is 15.6. The third-order valence-corrected chi connectivity index (χ3v) is 5.22. The second kappa shape index (κ2) is 8.33. The first-order valence-electron chi connectivity index (χ1n) is 9.25. The highest BCUT2D eigenvalue weighted by atomic mass is 16.4. The van der Waals surface area contributed by atoms with Crippen LogP contribution in [0.5, 0.6) is 0 Å². The molecule has 1 fully saturated rings. The van der Waals surface area contributed by atoms with E-state index in [-0.39, 0.29) is 0 Å². The second-order valence-electron chi connectivity index (χ2n) is 7.52. The molecule has 3 rings (SSSR count). The van der Waals surface area contributed by atoms with Crippen molar-refractivity contribution in [3.63, 3.8) is 0 Å². The van der Waals surface area contributed by atoms with Gasteiger partial charge < -0.3 is 10.0 Å². The Bertz CT molecular complexity index is 780. The van der Waals surface area contributed by atoms with Crippen LogP contribution in [0.15, 0.2) is 60.2 Å². The summed E-state index contributed by atoms with van der Waals surface area (Å²) in [6.07, 6.45) is 5.48. The number of aromatic carboxylic acids is 1. The van der Waals surface area contributed by atoms with Gasteiger partial charge in [0.1, 0.15) is 0 Å². The zero-order valence-corrected chi connectivity index (χ0v) is 15.6. The highest BCUT2D eigenvalue weighted by Gasteiger charge is 2.29. The molecule has 0 aromatic heterocycles. The number of benzene rings is 2. The lowest BCUT2D eigenvalue weighted by Crippen LogP contribution is -2.29. The van der Waals surface area contributed by atoms with E-state index in [0.29, 0.717) is 17.4 Å². The van der Waals surface area contributed by atoms with E-state index in [1.807, 2.05) is 12.1 Å². The van der Waals surface area contributed by atoms with E-state index in [1.54, 1.807) is 12.1 Å². The second-order valence-corrected chi connectivity index (χ2v) is 7.52. The molecule has 3 nitrogen and oxygen atoms in total. The van der Waals surface area contributed by atoms with Gasteiger partial charge in [-0.25, -0.2) is 4.79 Å². The van der Waals surface area contributed by atoms with E-state index in [4.69, 9.17) is 0 Å². The predicted octanol–water partition coefficient (Wildman–Crippen LogP) is 4.91. The first kappa shape index (κ1) is 18.4. The molecule has 0 heterocycles. The van der Waals surface area contributed by atoms with E-state index in [2.05, 4.69) is 55.4 Å². The van der Waals surface area contributed by atoms with Gasteiger partial charge >= 0.3 is 5.97 Å². The SMILES string of the molecule is CN(C)C[C@@H]1CCC(=Cc2cccc(C(=O)O)c2)C[C@@H]1c1ccccc1. The van der Waals surface area contributed by atoms with Crippen LogP contribution >= 0.6 is 0 Å². The third-order valence-electron chi connectivity index (χ3n) is 5.22. The van der Waals surface area contributed by atoms with Crippen LogP contribution in [0, 0.1) is 5.92 Å². The molecule has 136 valence electrons. The fraction of sp³-hybridized carbons (Fsp3) is 0.348. The van der Waals surface area contributed by atoms with Gasteiger partial charge in [-0.2, -0.15) is 0 Å². The Hall–Kier alpha value is -2.39. The number of allylic oxidation sites excluding steroid dienone is 1. The largest absolute Gasteiger partial charge is 0.478 e. The molecule has 0 spiro atoms. The lowest BCUT2D eigenvalue weighted by atomic mass is 9.73. The molecule has 0 unspecified atom stereocenters. The number of hydrogen-bond acceptors (Lipinski definition) is 2. The van der Waals surface area contributed by atoms with E-state index in [0.717, 1.165) is 24.9 Å². The average molecular weight is 349 g/mol. The summed E-state index contributed by atoms with van der Waals surface area (Å²) in [5.74, 6) is 0.290. The summed E-state index contributed by atoms with van der Waals surface area (Å²) in [5.41, 5.74) is 4.15. The molecule has 1 aliphatic rings. The van der Waals surface area contributed by atoms with E-state index in [9.17, 15) is 9.90 Å². The third kappa shape index (κ3) is 4.61. The molecule has 0 aliphatic heterocycles. The Labute approximate surface area is 156 Å². The Morgan fingerprint density at radius 3 is 2.62 bits per heavy atom. The molecule has 2 aromatic rings. The van der Waals surface area contributed by atoms with Crippen molar-refractivity contribution in [2.24, 2.45) is 5.92 Å². The van der Waals surface area contributed by atoms with Crippen LogP contribution in [0.4, 0.5) is 0 Å². The van der Waals surface area contributed by atoms with Crippen molar-refractivity contribution in [2.45, 2.75) is 25.2 Å². The molecule has 0 bridgehead atoms. The molecule has 1 aliphatic carbocycles. The normalized spacial score (nSPS) is 21.9. The van der Waals surface area contributed by atoms with Gasteiger partial charge in [0.05, 0.1) is 5.56 Å². The van der Waals surface area contributed by atoms with Gasteiger partial charge in [-0.15, -0.1) is 0 Å². The molecule has 0 saturated heterocycles. The van der Waals surface area contributed by atoms with E-state index < -0.39 is 5.97 Å². The van der Waals surface area contributed by atoms with Crippen LogP contribution in [-0.4, -0.2) is 36.6 Å². The zero-order chi connectivity index (χ0) is 18.5. The van der Waals surface area contributed by atoms with Gasteiger partial charge in [0.2, 0.25) is 0 Å². The van der Waals surface area contributed by atoms with Crippen LogP contribution < -0.4 is 0 Å². The van der Waals surface area contributed by atoms with Crippen molar-refractivity contribution in [2.75, 3.05) is 20.6 Å². The molecule has 1 N–H and O–H groups in total. The molecule has 1 saturated carbocycles. The molecule has 0 amide bonds. The quantitative estimate of drug-likeness (QED) is 0.833. The van der Waals surface area contributed by atoms with Crippen LogP contribution in [0.2, 0.25) is 0 Å². The van der Waals surface area contributed by atoms with Gasteiger partial charge in [0.15, 0.2) is 0 Å². The molecular formula is C23H27NO2. The number of rotatable bonds is 5. The van der Waals surface area contributed by atoms with Gasteiger partial charge in [-0.05, 0) is 68.5 Å². The maximum Gasteiger partial charge on any atom is 0.335 e. The molecule has 26 heavy (non-hydrogen) atoms. The van der Waals surface area contributed by atoms with Crippen molar-refractivity contribution < 1.29 is 9.90 Å². The number of carboxylic acids is 1. The smallest absolute Gasteiger partial charge is 0.335 e. The summed E-state index contributed by atoms with van der Waals surface area (Å²) in [7, 11) is 4.29. The van der Waals surface area contributed by atoms with Gasteiger partial charge in [-0.3, -0.25) is 0 Å². The van der Waals surface area contributed by atoms with Crippen molar-refractivity contribution in [1.82, 2.24) is 4.90 Å². The first-order valence-corrected chi connectivity index (χ1v) is 9.25. The Kier molecular flexibility index (Phi) is 5.89. The van der Waals surface area contributed by atoms with E-state index >= 15 is 0 Å². The van der Waals surface area contributed by atoms with Gasteiger partial charge in [0.25, 0.3) is 0 Å². The van der Waals surface area contributed by atoms with Crippen LogP contribution in [0.25, 0.3) is 6.08 Å². The number of carbonyl (C=O) groups is 1. The molecular weight excluding hydrogens is 322 g/mol. The molecule has 2 aromatic carbocycles. The standard InChI is InChI=1S/C23H27NO2/c1-24(2)16-21-12-11-18(15-22(21)19-8-4-3-5-9-19)13-17-7-6-10-20(14-17)23(25)26/h3-10,13-14,21-22H,11-12,15-16H2,1-2H3,(H,25,26)/t21-,22+/m0/s1. The summed E-state index contributed by atoms with van der Waals surface area (Å²) in [4.78, 5) is 13.5. The molecule has 3 heteroatoms. The fourth-order valence-electron chi connectivity index (χ4n) is 4.03. The Morgan fingerprint density at radius 2 is 1.92 bits per heavy atom. The van der Waals surface area contributed by atoms with Crippen molar-refractivity contribution in [3.8, 4) is 0 Å². The van der Waals surface area contributed by atoms with Crippen LogP contribution in [0.3, 0.4) is 0 Å². The minimum atomic E-state index is -0.873. The summed E-state index contributed by atoms with van der Waals surface area (Å²) < 4.78 is 0. The van der Waals surface area contributed by atoms with Crippen LogP contribution in [0.1, 0.15) is 46.7 Å². The molecule has 2 atom stereocenters. The predicted molar refractivity (Wildman–Crippen MR) is 106 cm³/mol. The summed E-state index contributed by atoms with van der Waals surface area (Å²) >= 11 is 0. The molecule has 0 radical (unpaired) electrons. The average Bonchev–Trinajstić information content (AvgIpc) is 2.63. The van der Waals surface area contributed by atoms with E-state index in [1.165, 1.54) is 17.6 Å². The summed E-state index contributed by atoms with van der Waals surface area (Å²) in [6.45, 7) is 1.10. The van der Waals surface area contributed by atoms with Crippen molar-refractivity contribution in [1.29, 1.82) is 0 Å². The Morgan fingerprint density at radius 1 is 1.15 bits per heavy atom. The monoisotopic (exact) mass is 349 g/mol. The van der Waals surface area contributed by atoms with Crippen LogP contribution in [-0.2, 0) is 0 Å². The summed E-state index contributed by atoms with van der Waals surface area (Å²) in [6, 6.07) is 18.0. The number of nitrogens with zero attached hydrogens (tertiary/aromatic N) is 1. The van der Waals surface area contributed by atoms with Gasteiger partial charge in [0, 0.05) is 6.54 Å². The minimum Gasteiger partial charge on any atom is -0.478 e. The maximum atomic E-state index is 11.2. The lowest BCUT2D eigenvalue weighted by Gasteiger charge is -2.35. The number of hydrogen-bond donors (Lipinski definition) is 1. The lowest BCUT2D eigenvalue weighted by molar-refractivity contribution is 0.0697. The van der Waals surface area contributed by atoms with Crippen molar-refractivity contribution >= 4 is 12.0 Å². The van der Waals surface area contributed by atoms with Gasteiger partial charge in [-0.1, -0.05) is 54.1 Å².